The minimum Gasteiger partial charge on any atom is -0.485 e. The minimum absolute atomic E-state index is 0.0877. The maximum absolute atomic E-state index is 11.8. The molecule has 0 atom stereocenters. The van der Waals surface area contributed by atoms with Gasteiger partial charge in [-0.25, -0.2) is 0 Å². The summed E-state index contributed by atoms with van der Waals surface area (Å²) in [6, 6.07) is 7.10. The molecule has 1 aromatic carbocycles. The van der Waals surface area contributed by atoms with E-state index in [1.54, 1.807) is 18.2 Å². The fraction of sp³-hybridized carbons (Fsp3) is 0.357. The molecule has 0 radical (unpaired) electrons. The van der Waals surface area contributed by atoms with E-state index in [-0.39, 0.29) is 12.4 Å². The highest BCUT2D eigenvalue weighted by Crippen LogP contribution is 2.20. The first kappa shape index (κ1) is 12.2. The first-order valence-electron chi connectivity index (χ1n) is 5.86. The topological polar surface area (TPSA) is 26.3 Å². The van der Waals surface area contributed by atoms with Gasteiger partial charge >= 0.3 is 0 Å². The summed E-state index contributed by atoms with van der Waals surface area (Å²) in [5.74, 6) is 0.729. The molecule has 3 heteroatoms. The van der Waals surface area contributed by atoms with E-state index < -0.39 is 0 Å². The molecule has 0 N–H and O–H groups in total. The zero-order valence-electron chi connectivity index (χ0n) is 9.62. The van der Waals surface area contributed by atoms with Crippen LogP contribution in [0.2, 0.25) is 5.02 Å². The molecule has 0 saturated carbocycles. The Labute approximate surface area is 106 Å². The smallest absolute Gasteiger partial charge is 0.195 e. The third-order valence-electron chi connectivity index (χ3n) is 2.82. The Morgan fingerprint density at radius 1 is 1.35 bits per heavy atom. The van der Waals surface area contributed by atoms with Crippen LogP contribution in [0.5, 0.6) is 5.75 Å². The molecule has 0 unspecified atom stereocenters. The Bertz CT molecular complexity index is 438. The van der Waals surface area contributed by atoms with E-state index >= 15 is 0 Å². The largest absolute Gasteiger partial charge is 0.485 e. The zero-order valence-corrected chi connectivity index (χ0v) is 10.4. The van der Waals surface area contributed by atoms with Crippen molar-refractivity contribution >= 4 is 17.4 Å². The lowest BCUT2D eigenvalue weighted by atomic mass is 9.97. The van der Waals surface area contributed by atoms with Gasteiger partial charge in [0, 0.05) is 5.02 Å². The summed E-state index contributed by atoms with van der Waals surface area (Å²) < 4.78 is 5.43. The number of rotatable bonds is 4. The van der Waals surface area contributed by atoms with Crippen LogP contribution in [0.3, 0.4) is 0 Å². The fourth-order valence-corrected chi connectivity index (χ4v) is 2.07. The SMILES string of the molecule is O=C(COc1cccc(Cl)c1)C1=CCCCC1. The average Bonchev–Trinajstić information content (AvgIpc) is 2.37. The van der Waals surface area contributed by atoms with Crippen molar-refractivity contribution < 1.29 is 9.53 Å². The van der Waals surface area contributed by atoms with Crippen molar-refractivity contribution in [2.75, 3.05) is 6.61 Å². The minimum atomic E-state index is 0.0877. The summed E-state index contributed by atoms with van der Waals surface area (Å²) in [5, 5.41) is 0.617. The van der Waals surface area contributed by atoms with Crippen molar-refractivity contribution in [2.24, 2.45) is 0 Å². The van der Waals surface area contributed by atoms with Crippen molar-refractivity contribution in [2.45, 2.75) is 25.7 Å². The summed E-state index contributed by atoms with van der Waals surface area (Å²) in [4.78, 5) is 11.8. The van der Waals surface area contributed by atoms with Crippen LogP contribution in [0.4, 0.5) is 0 Å². The molecule has 2 nitrogen and oxygen atoms in total. The molecular formula is C14H15ClO2. The Hall–Kier alpha value is -1.28. The summed E-state index contributed by atoms with van der Waals surface area (Å²) in [6.45, 7) is 0.103. The van der Waals surface area contributed by atoms with Gasteiger partial charge in [0.25, 0.3) is 0 Å². The van der Waals surface area contributed by atoms with Crippen LogP contribution in [0.1, 0.15) is 25.7 Å². The summed E-state index contributed by atoms with van der Waals surface area (Å²) in [5.41, 5.74) is 0.915. The number of carbonyl (C=O) groups excluding carboxylic acids is 1. The van der Waals surface area contributed by atoms with E-state index in [0.717, 1.165) is 24.8 Å². The van der Waals surface area contributed by atoms with E-state index in [0.29, 0.717) is 10.8 Å². The van der Waals surface area contributed by atoms with Gasteiger partial charge < -0.3 is 4.74 Å². The number of hydrogen-bond acceptors (Lipinski definition) is 2. The third kappa shape index (κ3) is 3.60. The molecule has 0 fully saturated rings. The molecule has 1 aliphatic carbocycles. The van der Waals surface area contributed by atoms with Crippen LogP contribution in [-0.2, 0) is 4.79 Å². The number of hydrogen-bond donors (Lipinski definition) is 0. The monoisotopic (exact) mass is 250 g/mol. The van der Waals surface area contributed by atoms with E-state index in [4.69, 9.17) is 16.3 Å². The molecule has 0 amide bonds. The lowest BCUT2D eigenvalue weighted by Gasteiger charge is -2.12. The highest BCUT2D eigenvalue weighted by molar-refractivity contribution is 6.30. The second kappa shape index (κ2) is 5.87. The molecule has 17 heavy (non-hydrogen) atoms. The molecule has 0 aromatic heterocycles. The summed E-state index contributed by atoms with van der Waals surface area (Å²) in [7, 11) is 0. The van der Waals surface area contributed by atoms with Gasteiger partial charge in [-0.1, -0.05) is 23.7 Å². The first-order valence-corrected chi connectivity index (χ1v) is 6.24. The number of benzene rings is 1. The number of halogens is 1. The highest BCUT2D eigenvalue weighted by atomic mass is 35.5. The van der Waals surface area contributed by atoms with Gasteiger partial charge in [0.15, 0.2) is 12.4 Å². The molecule has 2 rings (SSSR count). The Balaban J connectivity index is 1.89. The molecule has 0 aliphatic heterocycles. The number of ether oxygens (including phenoxy) is 1. The van der Waals surface area contributed by atoms with Gasteiger partial charge in [0.2, 0.25) is 0 Å². The quantitative estimate of drug-likeness (QED) is 0.813. The summed E-state index contributed by atoms with van der Waals surface area (Å²) >= 11 is 5.83. The molecule has 90 valence electrons. The maximum atomic E-state index is 11.8. The maximum Gasteiger partial charge on any atom is 0.195 e. The van der Waals surface area contributed by atoms with Crippen molar-refractivity contribution in [1.29, 1.82) is 0 Å². The van der Waals surface area contributed by atoms with Crippen LogP contribution >= 0.6 is 11.6 Å². The molecule has 1 aliphatic rings. The van der Waals surface area contributed by atoms with Gasteiger partial charge in [0.05, 0.1) is 0 Å². The number of allylic oxidation sites excluding steroid dienone is 1. The first-order chi connectivity index (χ1) is 8.25. The van der Waals surface area contributed by atoms with Crippen molar-refractivity contribution in [3.63, 3.8) is 0 Å². The number of carbonyl (C=O) groups is 1. The van der Waals surface area contributed by atoms with Crippen molar-refractivity contribution in [1.82, 2.24) is 0 Å². The second-order valence-electron chi connectivity index (χ2n) is 4.14. The van der Waals surface area contributed by atoms with Gasteiger partial charge in [-0.3, -0.25) is 4.79 Å². The van der Waals surface area contributed by atoms with Gasteiger partial charge in [-0.2, -0.15) is 0 Å². The Morgan fingerprint density at radius 3 is 2.94 bits per heavy atom. The van der Waals surface area contributed by atoms with Crippen LogP contribution in [0, 0.1) is 0 Å². The molecule has 1 aromatic rings. The van der Waals surface area contributed by atoms with Crippen LogP contribution in [0.15, 0.2) is 35.9 Å². The lowest BCUT2D eigenvalue weighted by Crippen LogP contribution is -2.15. The van der Waals surface area contributed by atoms with Gasteiger partial charge in [-0.05, 0) is 49.5 Å². The van der Waals surface area contributed by atoms with E-state index in [1.165, 1.54) is 6.42 Å². The second-order valence-corrected chi connectivity index (χ2v) is 4.58. The predicted molar refractivity (Wildman–Crippen MR) is 68.5 cm³/mol. The molecule has 0 spiro atoms. The third-order valence-corrected chi connectivity index (χ3v) is 3.05. The molecule has 0 heterocycles. The van der Waals surface area contributed by atoms with Crippen molar-refractivity contribution in [3.05, 3.63) is 40.9 Å². The normalized spacial score (nSPS) is 15.2. The molecule has 0 bridgehead atoms. The Kier molecular flexibility index (Phi) is 4.21. The van der Waals surface area contributed by atoms with Gasteiger partial charge in [-0.15, -0.1) is 0 Å². The fourth-order valence-electron chi connectivity index (χ4n) is 1.89. The predicted octanol–water partition coefficient (Wildman–Crippen LogP) is 3.79. The molecular weight excluding hydrogens is 236 g/mol. The number of Topliss-reactive ketones (excluding diaryl/α,β-unsaturated/α-hetero) is 1. The van der Waals surface area contributed by atoms with E-state index in [9.17, 15) is 4.79 Å². The Morgan fingerprint density at radius 2 is 2.24 bits per heavy atom. The van der Waals surface area contributed by atoms with E-state index in [1.807, 2.05) is 12.1 Å². The molecule has 0 saturated heterocycles. The average molecular weight is 251 g/mol. The van der Waals surface area contributed by atoms with Gasteiger partial charge in [0.1, 0.15) is 5.75 Å². The lowest BCUT2D eigenvalue weighted by molar-refractivity contribution is -0.117. The zero-order chi connectivity index (χ0) is 12.1. The van der Waals surface area contributed by atoms with Crippen molar-refractivity contribution in [3.8, 4) is 5.75 Å². The van der Waals surface area contributed by atoms with Crippen LogP contribution in [-0.4, -0.2) is 12.4 Å². The van der Waals surface area contributed by atoms with Crippen LogP contribution in [0.25, 0.3) is 0 Å². The summed E-state index contributed by atoms with van der Waals surface area (Å²) in [6.07, 6.45) is 6.23. The van der Waals surface area contributed by atoms with E-state index in [2.05, 4.69) is 0 Å². The van der Waals surface area contributed by atoms with Crippen LogP contribution < -0.4 is 4.74 Å². The number of ketones is 1. The highest BCUT2D eigenvalue weighted by Gasteiger charge is 2.12. The standard InChI is InChI=1S/C14H15ClO2/c15-12-7-4-8-13(9-12)17-10-14(16)11-5-2-1-3-6-11/h4-5,7-9H,1-3,6,10H2.